The van der Waals surface area contributed by atoms with E-state index in [9.17, 15) is 9.59 Å². The molecule has 0 heterocycles. The first-order chi connectivity index (χ1) is 8.81. The van der Waals surface area contributed by atoms with Gasteiger partial charge in [0.1, 0.15) is 0 Å². The van der Waals surface area contributed by atoms with Crippen LogP contribution in [-0.2, 0) is 9.59 Å². The Morgan fingerprint density at radius 1 is 1.50 bits per heavy atom. The van der Waals surface area contributed by atoms with Crippen LogP contribution in [0.15, 0.2) is 11.6 Å². The van der Waals surface area contributed by atoms with Crippen molar-refractivity contribution in [2.24, 2.45) is 17.6 Å². The van der Waals surface area contributed by atoms with E-state index in [1.54, 1.807) is 6.08 Å². The highest BCUT2D eigenvalue weighted by atomic mass is 35.5. The molecule has 6 heteroatoms. The number of carbonyl (C=O) groups is 2. The third kappa shape index (κ3) is 5.51. The van der Waals surface area contributed by atoms with Crippen LogP contribution in [0.3, 0.4) is 0 Å². The number of allylic oxidation sites excluding steroid dienone is 1. The number of carboxylic acid groups (broad SMARTS) is 1. The summed E-state index contributed by atoms with van der Waals surface area (Å²) < 4.78 is 0. The highest BCUT2D eigenvalue weighted by Crippen LogP contribution is 2.28. The molecule has 0 spiro atoms. The van der Waals surface area contributed by atoms with Crippen LogP contribution in [0.5, 0.6) is 0 Å². The van der Waals surface area contributed by atoms with Crippen LogP contribution in [-0.4, -0.2) is 29.1 Å². The van der Waals surface area contributed by atoms with E-state index in [2.05, 4.69) is 19.2 Å². The molecular formula is C14H25ClN2O3. The van der Waals surface area contributed by atoms with Crippen LogP contribution in [0.4, 0.5) is 0 Å². The summed E-state index contributed by atoms with van der Waals surface area (Å²) in [6.45, 7) is 5.70. The van der Waals surface area contributed by atoms with E-state index in [-0.39, 0.29) is 36.3 Å². The Morgan fingerprint density at radius 3 is 2.50 bits per heavy atom. The Labute approximate surface area is 126 Å². The van der Waals surface area contributed by atoms with Crippen molar-refractivity contribution >= 4 is 24.3 Å². The van der Waals surface area contributed by atoms with Crippen LogP contribution >= 0.6 is 12.4 Å². The summed E-state index contributed by atoms with van der Waals surface area (Å²) in [6, 6.07) is -0.203. The van der Waals surface area contributed by atoms with Gasteiger partial charge in [0, 0.05) is 24.6 Å². The predicted molar refractivity (Wildman–Crippen MR) is 80.7 cm³/mol. The standard InChI is InChI=1S/C14H24N2O3.ClH/c1-8(2)6-13(16-9(3)17)11-5-4-10(14(18)19)7-12(11)15;/h4,8,11-13H,5-7,15H2,1-3H3,(H,16,17)(H,18,19);1H/t11-,12-,13-;/m0./s1. The number of aliphatic carboxylic acids is 1. The molecule has 5 nitrogen and oxygen atoms in total. The zero-order valence-electron chi connectivity index (χ0n) is 12.3. The number of hydrogen-bond donors (Lipinski definition) is 3. The number of carboxylic acids is 1. The van der Waals surface area contributed by atoms with Crippen LogP contribution in [0, 0.1) is 11.8 Å². The summed E-state index contributed by atoms with van der Waals surface area (Å²) in [4.78, 5) is 22.2. The third-order valence-electron chi connectivity index (χ3n) is 3.55. The first-order valence-electron chi connectivity index (χ1n) is 6.76. The van der Waals surface area contributed by atoms with Gasteiger partial charge in [-0.15, -0.1) is 12.4 Å². The second-order valence-electron chi connectivity index (χ2n) is 5.74. The molecule has 4 N–H and O–H groups in total. The monoisotopic (exact) mass is 304 g/mol. The van der Waals surface area contributed by atoms with Gasteiger partial charge in [-0.2, -0.15) is 0 Å². The summed E-state index contributed by atoms with van der Waals surface area (Å²) in [5, 5.41) is 11.9. The summed E-state index contributed by atoms with van der Waals surface area (Å²) >= 11 is 0. The summed E-state index contributed by atoms with van der Waals surface area (Å²) in [6.07, 6.45) is 3.58. The minimum atomic E-state index is -0.895. The van der Waals surface area contributed by atoms with Gasteiger partial charge in [0.05, 0.1) is 0 Å². The van der Waals surface area contributed by atoms with Gasteiger partial charge in [0.2, 0.25) is 5.91 Å². The molecule has 0 aromatic carbocycles. The molecule has 20 heavy (non-hydrogen) atoms. The molecule has 3 atom stereocenters. The SMILES string of the molecule is CC(=O)N[C@@H](CC(C)C)[C@H]1CC=C(C(=O)O)C[C@@H]1N.Cl. The van der Waals surface area contributed by atoms with E-state index < -0.39 is 5.97 Å². The maximum atomic E-state index is 11.3. The van der Waals surface area contributed by atoms with E-state index in [0.29, 0.717) is 24.3 Å². The number of hydrogen-bond acceptors (Lipinski definition) is 3. The van der Waals surface area contributed by atoms with E-state index >= 15 is 0 Å². The van der Waals surface area contributed by atoms with Crippen molar-refractivity contribution in [1.82, 2.24) is 5.32 Å². The molecular weight excluding hydrogens is 280 g/mol. The van der Waals surface area contributed by atoms with Crippen LogP contribution in [0.1, 0.15) is 40.0 Å². The first kappa shape index (κ1) is 18.9. The average molecular weight is 305 g/mol. The Balaban J connectivity index is 0.00000361. The molecule has 0 radical (unpaired) electrons. The molecule has 1 amide bonds. The minimum Gasteiger partial charge on any atom is -0.478 e. The zero-order valence-corrected chi connectivity index (χ0v) is 13.1. The number of amides is 1. The molecule has 116 valence electrons. The zero-order chi connectivity index (χ0) is 14.6. The predicted octanol–water partition coefficient (Wildman–Crippen LogP) is 1.71. The lowest BCUT2D eigenvalue weighted by atomic mass is 9.78. The highest BCUT2D eigenvalue weighted by Gasteiger charge is 2.32. The first-order valence-corrected chi connectivity index (χ1v) is 6.76. The molecule has 1 aliphatic rings. The van der Waals surface area contributed by atoms with Crippen molar-refractivity contribution < 1.29 is 14.7 Å². The molecule has 0 bridgehead atoms. The summed E-state index contributed by atoms with van der Waals surface area (Å²) in [7, 11) is 0. The Bertz CT molecular complexity index is 383. The lowest BCUT2D eigenvalue weighted by molar-refractivity contribution is -0.133. The maximum absolute atomic E-state index is 11.3. The molecule has 0 fully saturated rings. The number of nitrogens with two attached hydrogens (primary N) is 1. The van der Waals surface area contributed by atoms with E-state index in [0.717, 1.165) is 6.42 Å². The lowest BCUT2D eigenvalue weighted by Gasteiger charge is -2.35. The van der Waals surface area contributed by atoms with E-state index in [1.807, 2.05) is 0 Å². The van der Waals surface area contributed by atoms with Gasteiger partial charge in [-0.05, 0) is 31.1 Å². The van der Waals surface area contributed by atoms with Crippen molar-refractivity contribution in [3.8, 4) is 0 Å². The van der Waals surface area contributed by atoms with Crippen molar-refractivity contribution in [3.05, 3.63) is 11.6 Å². The van der Waals surface area contributed by atoms with Crippen molar-refractivity contribution in [2.75, 3.05) is 0 Å². The van der Waals surface area contributed by atoms with Crippen molar-refractivity contribution in [2.45, 2.75) is 52.1 Å². The Kier molecular flexibility index (Phi) is 7.83. The van der Waals surface area contributed by atoms with Crippen molar-refractivity contribution in [1.29, 1.82) is 0 Å². The molecule has 0 aromatic heterocycles. The minimum absolute atomic E-state index is 0. The van der Waals surface area contributed by atoms with Gasteiger partial charge in [0.25, 0.3) is 0 Å². The third-order valence-corrected chi connectivity index (χ3v) is 3.55. The fourth-order valence-electron chi connectivity index (χ4n) is 2.69. The smallest absolute Gasteiger partial charge is 0.331 e. The van der Waals surface area contributed by atoms with Crippen LogP contribution < -0.4 is 11.1 Å². The fourth-order valence-corrected chi connectivity index (χ4v) is 2.69. The van der Waals surface area contributed by atoms with Gasteiger partial charge in [-0.1, -0.05) is 19.9 Å². The molecule has 1 rings (SSSR count). The van der Waals surface area contributed by atoms with E-state index in [4.69, 9.17) is 10.8 Å². The largest absolute Gasteiger partial charge is 0.478 e. The summed E-state index contributed by atoms with van der Waals surface area (Å²) in [5.41, 5.74) is 6.49. The van der Waals surface area contributed by atoms with E-state index in [1.165, 1.54) is 6.92 Å². The van der Waals surface area contributed by atoms with Gasteiger partial charge < -0.3 is 16.2 Å². The quantitative estimate of drug-likeness (QED) is 0.721. The van der Waals surface area contributed by atoms with Crippen LogP contribution in [0.2, 0.25) is 0 Å². The fraction of sp³-hybridized carbons (Fsp3) is 0.714. The lowest BCUT2D eigenvalue weighted by Crippen LogP contribution is -2.48. The Morgan fingerprint density at radius 2 is 2.10 bits per heavy atom. The molecule has 0 aromatic rings. The second kappa shape index (κ2) is 8.27. The number of rotatable bonds is 5. The molecule has 0 saturated heterocycles. The average Bonchev–Trinajstić information content (AvgIpc) is 2.26. The normalized spacial score (nSPS) is 23.6. The van der Waals surface area contributed by atoms with Gasteiger partial charge in [0.15, 0.2) is 0 Å². The van der Waals surface area contributed by atoms with Gasteiger partial charge in [-0.3, -0.25) is 4.79 Å². The molecule has 1 aliphatic carbocycles. The maximum Gasteiger partial charge on any atom is 0.331 e. The van der Waals surface area contributed by atoms with Crippen molar-refractivity contribution in [3.63, 3.8) is 0 Å². The number of carbonyl (C=O) groups excluding carboxylic acids is 1. The second-order valence-corrected chi connectivity index (χ2v) is 5.74. The summed E-state index contributed by atoms with van der Waals surface area (Å²) in [5.74, 6) is -0.400. The number of nitrogens with one attached hydrogen (secondary N) is 1. The van der Waals surface area contributed by atoms with Gasteiger partial charge in [-0.25, -0.2) is 4.79 Å². The number of halogens is 1. The van der Waals surface area contributed by atoms with Gasteiger partial charge >= 0.3 is 5.97 Å². The topological polar surface area (TPSA) is 92.4 Å². The molecule has 0 unspecified atom stereocenters. The van der Waals surface area contributed by atoms with Crippen LogP contribution in [0.25, 0.3) is 0 Å². The Hall–Kier alpha value is -1.07. The molecule has 0 saturated carbocycles. The highest BCUT2D eigenvalue weighted by molar-refractivity contribution is 5.86. The molecule has 0 aliphatic heterocycles.